The summed E-state index contributed by atoms with van der Waals surface area (Å²) >= 11 is 0. The van der Waals surface area contributed by atoms with Crippen LogP contribution in [0.2, 0.25) is 0 Å². The SMILES string of the molecule is COCCNC(=O)C(C)NCC(C)(C)OC. The fourth-order valence-corrected chi connectivity index (χ4v) is 0.993. The molecule has 0 saturated carbocycles. The Morgan fingerprint density at radius 2 is 2.00 bits per heavy atom. The van der Waals surface area contributed by atoms with Gasteiger partial charge in [0.2, 0.25) is 5.91 Å². The molecular weight excluding hydrogens is 208 g/mol. The minimum absolute atomic E-state index is 0.0241. The lowest BCUT2D eigenvalue weighted by molar-refractivity contribution is -0.123. The third kappa shape index (κ3) is 6.76. The summed E-state index contributed by atoms with van der Waals surface area (Å²) in [5.74, 6) is -0.0241. The zero-order chi connectivity index (χ0) is 12.6. The first-order chi connectivity index (χ1) is 7.43. The van der Waals surface area contributed by atoms with Crippen molar-refractivity contribution >= 4 is 5.91 Å². The van der Waals surface area contributed by atoms with Gasteiger partial charge in [0, 0.05) is 27.3 Å². The zero-order valence-electron chi connectivity index (χ0n) is 10.9. The maximum Gasteiger partial charge on any atom is 0.236 e. The lowest BCUT2D eigenvalue weighted by Gasteiger charge is -2.25. The molecule has 5 heteroatoms. The van der Waals surface area contributed by atoms with Gasteiger partial charge in [-0.15, -0.1) is 0 Å². The van der Waals surface area contributed by atoms with Crippen LogP contribution in [0.25, 0.3) is 0 Å². The van der Waals surface area contributed by atoms with E-state index in [2.05, 4.69) is 10.6 Å². The lowest BCUT2D eigenvalue weighted by Crippen LogP contribution is -2.48. The Balaban J connectivity index is 3.79. The van der Waals surface area contributed by atoms with Crippen molar-refractivity contribution in [3.05, 3.63) is 0 Å². The normalized spacial score (nSPS) is 13.6. The van der Waals surface area contributed by atoms with Gasteiger partial charge in [0.1, 0.15) is 0 Å². The van der Waals surface area contributed by atoms with Crippen LogP contribution in [0.5, 0.6) is 0 Å². The first kappa shape index (κ1) is 15.3. The molecule has 16 heavy (non-hydrogen) atoms. The van der Waals surface area contributed by atoms with Gasteiger partial charge in [-0.1, -0.05) is 0 Å². The molecule has 0 aliphatic carbocycles. The minimum Gasteiger partial charge on any atom is -0.383 e. The van der Waals surface area contributed by atoms with Gasteiger partial charge >= 0.3 is 0 Å². The molecule has 0 rings (SSSR count). The van der Waals surface area contributed by atoms with Gasteiger partial charge in [-0.25, -0.2) is 0 Å². The summed E-state index contributed by atoms with van der Waals surface area (Å²) in [6, 6.07) is -0.230. The molecule has 2 N–H and O–H groups in total. The number of nitrogens with one attached hydrogen (secondary N) is 2. The Labute approximate surface area is 97.9 Å². The van der Waals surface area contributed by atoms with Gasteiger partial charge in [-0.2, -0.15) is 0 Å². The van der Waals surface area contributed by atoms with Gasteiger partial charge in [-0.3, -0.25) is 4.79 Å². The molecule has 0 fully saturated rings. The number of ether oxygens (including phenoxy) is 2. The van der Waals surface area contributed by atoms with Crippen molar-refractivity contribution in [2.24, 2.45) is 0 Å². The molecule has 5 nitrogen and oxygen atoms in total. The Hall–Kier alpha value is -0.650. The molecule has 0 aromatic heterocycles. The van der Waals surface area contributed by atoms with Crippen molar-refractivity contribution in [1.82, 2.24) is 10.6 Å². The van der Waals surface area contributed by atoms with E-state index in [-0.39, 0.29) is 17.6 Å². The van der Waals surface area contributed by atoms with Crippen LogP contribution in [-0.4, -0.2) is 51.5 Å². The van der Waals surface area contributed by atoms with E-state index in [1.807, 2.05) is 20.8 Å². The summed E-state index contributed by atoms with van der Waals surface area (Å²) in [6.07, 6.45) is 0. The Bertz CT molecular complexity index is 207. The summed E-state index contributed by atoms with van der Waals surface area (Å²) in [5, 5.41) is 5.89. The number of amides is 1. The summed E-state index contributed by atoms with van der Waals surface area (Å²) in [4.78, 5) is 11.6. The molecule has 0 bridgehead atoms. The van der Waals surface area contributed by atoms with Crippen molar-refractivity contribution in [2.45, 2.75) is 32.4 Å². The molecule has 1 atom stereocenters. The minimum atomic E-state index is -0.263. The smallest absolute Gasteiger partial charge is 0.236 e. The number of carbonyl (C=O) groups is 1. The number of hydrogen-bond donors (Lipinski definition) is 2. The Morgan fingerprint density at radius 1 is 1.38 bits per heavy atom. The van der Waals surface area contributed by atoms with Crippen LogP contribution < -0.4 is 10.6 Å². The fraction of sp³-hybridized carbons (Fsp3) is 0.909. The van der Waals surface area contributed by atoms with E-state index < -0.39 is 0 Å². The van der Waals surface area contributed by atoms with Crippen molar-refractivity contribution in [3.63, 3.8) is 0 Å². The highest BCUT2D eigenvalue weighted by molar-refractivity contribution is 5.81. The zero-order valence-corrected chi connectivity index (χ0v) is 10.9. The fourth-order valence-electron chi connectivity index (χ4n) is 0.993. The van der Waals surface area contributed by atoms with Crippen molar-refractivity contribution in [1.29, 1.82) is 0 Å². The topological polar surface area (TPSA) is 59.6 Å². The van der Waals surface area contributed by atoms with Gasteiger partial charge in [-0.05, 0) is 20.8 Å². The highest BCUT2D eigenvalue weighted by Gasteiger charge is 2.19. The standard InChI is InChI=1S/C11H24N2O3/c1-9(10(14)12-6-7-15-4)13-8-11(2,3)16-5/h9,13H,6-8H2,1-5H3,(H,12,14). The quantitative estimate of drug-likeness (QED) is 0.585. The largest absolute Gasteiger partial charge is 0.383 e. The third-order valence-corrected chi connectivity index (χ3v) is 2.39. The van der Waals surface area contributed by atoms with Crippen LogP contribution >= 0.6 is 0 Å². The summed E-state index contributed by atoms with van der Waals surface area (Å²) in [7, 11) is 3.26. The first-order valence-electron chi connectivity index (χ1n) is 5.48. The average Bonchev–Trinajstić information content (AvgIpc) is 2.26. The number of carbonyl (C=O) groups excluding carboxylic acids is 1. The van der Waals surface area contributed by atoms with Gasteiger partial charge in [0.05, 0.1) is 18.2 Å². The highest BCUT2D eigenvalue weighted by Crippen LogP contribution is 2.05. The third-order valence-electron chi connectivity index (χ3n) is 2.39. The monoisotopic (exact) mass is 232 g/mol. The van der Waals surface area contributed by atoms with Gasteiger partial charge in [0.15, 0.2) is 0 Å². The Kier molecular flexibility index (Phi) is 7.29. The molecule has 0 saturated heterocycles. The summed E-state index contributed by atoms with van der Waals surface area (Å²) < 4.78 is 10.1. The van der Waals surface area contributed by atoms with Crippen LogP contribution in [0.15, 0.2) is 0 Å². The van der Waals surface area contributed by atoms with Crippen LogP contribution in [-0.2, 0) is 14.3 Å². The number of rotatable bonds is 8. The molecule has 0 aromatic carbocycles. The highest BCUT2D eigenvalue weighted by atomic mass is 16.5. The van der Waals surface area contributed by atoms with Crippen LogP contribution in [0.1, 0.15) is 20.8 Å². The van der Waals surface area contributed by atoms with Crippen molar-refractivity contribution < 1.29 is 14.3 Å². The second-order valence-corrected chi connectivity index (χ2v) is 4.35. The second-order valence-electron chi connectivity index (χ2n) is 4.35. The van der Waals surface area contributed by atoms with E-state index in [1.54, 1.807) is 14.2 Å². The molecule has 0 spiro atoms. The van der Waals surface area contributed by atoms with Crippen LogP contribution in [0.4, 0.5) is 0 Å². The van der Waals surface area contributed by atoms with E-state index in [0.29, 0.717) is 19.7 Å². The second kappa shape index (κ2) is 7.60. The molecule has 96 valence electrons. The molecule has 0 aromatic rings. The molecule has 1 amide bonds. The van der Waals surface area contributed by atoms with Crippen molar-refractivity contribution in [3.8, 4) is 0 Å². The predicted molar refractivity (Wildman–Crippen MR) is 63.4 cm³/mol. The molecular formula is C11H24N2O3. The van der Waals surface area contributed by atoms with E-state index in [9.17, 15) is 4.79 Å². The first-order valence-corrected chi connectivity index (χ1v) is 5.48. The molecule has 0 aliphatic heterocycles. The lowest BCUT2D eigenvalue weighted by atomic mass is 10.1. The van der Waals surface area contributed by atoms with E-state index in [4.69, 9.17) is 9.47 Å². The summed E-state index contributed by atoms with van der Waals surface area (Å²) in [5.41, 5.74) is -0.263. The Morgan fingerprint density at radius 3 is 2.50 bits per heavy atom. The predicted octanol–water partition coefficient (Wildman–Crippen LogP) is 0.152. The average molecular weight is 232 g/mol. The number of hydrogen-bond acceptors (Lipinski definition) is 4. The maximum atomic E-state index is 11.6. The van der Waals surface area contributed by atoms with E-state index in [1.165, 1.54) is 0 Å². The molecule has 1 unspecified atom stereocenters. The van der Waals surface area contributed by atoms with Gasteiger partial charge in [0.25, 0.3) is 0 Å². The number of methoxy groups -OCH3 is 2. The molecule has 0 radical (unpaired) electrons. The maximum absolute atomic E-state index is 11.6. The van der Waals surface area contributed by atoms with Crippen molar-refractivity contribution in [2.75, 3.05) is 33.9 Å². The van der Waals surface area contributed by atoms with Crippen LogP contribution in [0, 0.1) is 0 Å². The summed E-state index contributed by atoms with van der Waals surface area (Å²) in [6.45, 7) is 7.46. The van der Waals surface area contributed by atoms with Crippen LogP contribution in [0.3, 0.4) is 0 Å². The van der Waals surface area contributed by atoms with E-state index >= 15 is 0 Å². The van der Waals surface area contributed by atoms with E-state index in [0.717, 1.165) is 0 Å². The van der Waals surface area contributed by atoms with Gasteiger partial charge < -0.3 is 20.1 Å². The molecule has 0 heterocycles. The molecule has 0 aliphatic rings.